The molecule has 0 radical (unpaired) electrons. The lowest BCUT2D eigenvalue weighted by Crippen LogP contribution is -1.97. The molecule has 0 aliphatic heterocycles. The average molecular weight is 730 g/mol. The summed E-state index contributed by atoms with van der Waals surface area (Å²) in [5.41, 5.74) is 7.13. The van der Waals surface area contributed by atoms with E-state index in [4.69, 9.17) is 9.15 Å². The van der Waals surface area contributed by atoms with E-state index < -0.39 is 0 Å². The van der Waals surface area contributed by atoms with Gasteiger partial charge in [0.15, 0.2) is 0 Å². The standard InChI is InChI=1S/C16H14BrIO.C16H13BrO/c1-12-10-14(17)16(15(18)11-12)19-9-5-8-13-6-3-2-4-7-13;1-11-7-14-13(9-12-5-3-2-4-6-12)10-18-16(14)15(17)8-11/h2-8,10-11H,9H2,1H3;2-8,10H,9H2,1H3/b8-5+;. The van der Waals surface area contributed by atoms with Gasteiger partial charge < -0.3 is 9.15 Å². The van der Waals surface area contributed by atoms with E-state index in [1.165, 1.54) is 33.2 Å². The van der Waals surface area contributed by atoms with Crippen molar-refractivity contribution < 1.29 is 9.15 Å². The van der Waals surface area contributed by atoms with Gasteiger partial charge in [0.2, 0.25) is 0 Å². The molecule has 0 saturated heterocycles. The van der Waals surface area contributed by atoms with Crippen molar-refractivity contribution in [3.63, 3.8) is 0 Å². The maximum atomic E-state index is 5.80. The smallest absolute Gasteiger partial charge is 0.148 e. The van der Waals surface area contributed by atoms with Crippen LogP contribution in [0.15, 0.2) is 111 Å². The van der Waals surface area contributed by atoms with Crippen molar-refractivity contribution in [1.82, 2.24) is 0 Å². The zero-order valence-electron chi connectivity index (χ0n) is 20.7. The molecule has 0 spiro atoms. The van der Waals surface area contributed by atoms with Crippen LogP contribution in [0.1, 0.15) is 27.8 Å². The van der Waals surface area contributed by atoms with Crippen LogP contribution in [0.4, 0.5) is 0 Å². The zero-order valence-corrected chi connectivity index (χ0v) is 26.0. The SMILES string of the molecule is Cc1cc(Br)c(OC/C=C/c2ccccc2)c(I)c1.Cc1cc(Br)c2occ(Cc3ccccc3)c2c1. The van der Waals surface area contributed by atoms with Crippen LogP contribution < -0.4 is 4.74 Å². The number of furan rings is 1. The minimum absolute atomic E-state index is 0.562. The Bertz CT molecular complexity index is 1470. The number of aryl methyl sites for hydroxylation is 2. The molecule has 37 heavy (non-hydrogen) atoms. The van der Waals surface area contributed by atoms with E-state index in [1.54, 1.807) is 0 Å². The highest BCUT2D eigenvalue weighted by atomic mass is 127. The predicted molar refractivity (Wildman–Crippen MR) is 170 cm³/mol. The molecule has 0 N–H and O–H groups in total. The first-order chi connectivity index (χ1) is 17.9. The van der Waals surface area contributed by atoms with Gasteiger partial charge in [0.25, 0.3) is 0 Å². The highest BCUT2D eigenvalue weighted by molar-refractivity contribution is 14.1. The first-order valence-electron chi connectivity index (χ1n) is 11.9. The second-order valence-electron chi connectivity index (χ2n) is 8.73. The fraction of sp³-hybridized carbons (Fsp3) is 0.125. The maximum absolute atomic E-state index is 5.80. The summed E-state index contributed by atoms with van der Waals surface area (Å²) in [5, 5.41) is 1.20. The summed E-state index contributed by atoms with van der Waals surface area (Å²) in [7, 11) is 0. The first kappa shape index (κ1) is 27.7. The maximum Gasteiger partial charge on any atom is 0.148 e. The molecule has 0 unspecified atom stereocenters. The summed E-state index contributed by atoms with van der Waals surface area (Å²) in [6.07, 6.45) is 6.86. The summed E-state index contributed by atoms with van der Waals surface area (Å²) >= 11 is 9.39. The largest absolute Gasteiger partial charge is 0.487 e. The molecule has 1 aromatic heterocycles. The van der Waals surface area contributed by atoms with E-state index >= 15 is 0 Å². The third-order valence-electron chi connectivity index (χ3n) is 5.67. The molecule has 0 fully saturated rings. The third kappa shape index (κ3) is 7.82. The van der Waals surface area contributed by atoms with Crippen molar-refractivity contribution >= 4 is 71.5 Å². The topological polar surface area (TPSA) is 22.4 Å². The van der Waals surface area contributed by atoms with Crippen LogP contribution >= 0.6 is 54.5 Å². The van der Waals surface area contributed by atoms with Crippen LogP contribution in [0, 0.1) is 17.4 Å². The molecule has 1 heterocycles. The van der Waals surface area contributed by atoms with E-state index in [1.807, 2.05) is 36.6 Å². The monoisotopic (exact) mass is 728 g/mol. The lowest BCUT2D eigenvalue weighted by atomic mass is 10.0. The molecular weight excluding hydrogens is 703 g/mol. The lowest BCUT2D eigenvalue weighted by Gasteiger charge is -2.09. The molecule has 188 valence electrons. The molecule has 4 aromatic carbocycles. The van der Waals surface area contributed by atoms with Gasteiger partial charge in [-0.3, -0.25) is 0 Å². The molecule has 0 atom stereocenters. The Morgan fingerprint density at radius 3 is 2.19 bits per heavy atom. The van der Waals surface area contributed by atoms with Gasteiger partial charge in [-0.2, -0.15) is 0 Å². The molecule has 5 rings (SSSR count). The Morgan fingerprint density at radius 1 is 0.838 bits per heavy atom. The number of rotatable bonds is 6. The molecule has 5 heteroatoms. The summed E-state index contributed by atoms with van der Waals surface area (Å²) in [6, 6.07) is 29.1. The Labute approximate surface area is 249 Å². The van der Waals surface area contributed by atoms with Crippen molar-refractivity contribution in [2.75, 3.05) is 6.61 Å². The summed E-state index contributed by atoms with van der Waals surface area (Å²) in [4.78, 5) is 0. The van der Waals surface area contributed by atoms with Gasteiger partial charge in [-0.05, 0) is 121 Å². The van der Waals surface area contributed by atoms with E-state index in [0.29, 0.717) is 6.61 Å². The molecule has 0 amide bonds. The Hall–Kier alpha value is -2.35. The van der Waals surface area contributed by atoms with Gasteiger partial charge in [-0.25, -0.2) is 0 Å². The Balaban J connectivity index is 0.000000173. The van der Waals surface area contributed by atoms with Crippen molar-refractivity contribution in [1.29, 1.82) is 0 Å². The third-order valence-corrected chi connectivity index (χ3v) is 7.65. The Kier molecular flexibility index (Phi) is 10.1. The second-order valence-corrected chi connectivity index (χ2v) is 11.6. The van der Waals surface area contributed by atoms with Gasteiger partial charge in [0.05, 0.1) is 18.8 Å². The second kappa shape index (κ2) is 13.4. The van der Waals surface area contributed by atoms with Crippen molar-refractivity contribution in [3.8, 4) is 5.75 Å². The van der Waals surface area contributed by atoms with Crippen molar-refractivity contribution in [2.45, 2.75) is 20.3 Å². The first-order valence-corrected chi connectivity index (χ1v) is 14.6. The average Bonchev–Trinajstić information content (AvgIpc) is 3.27. The van der Waals surface area contributed by atoms with Gasteiger partial charge in [-0.1, -0.05) is 66.7 Å². The normalized spacial score (nSPS) is 10.9. The number of halogens is 3. The van der Waals surface area contributed by atoms with Gasteiger partial charge >= 0.3 is 0 Å². The number of hydrogen-bond donors (Lipinski definition) is 0. The van der Waals surface area contributed by atoms with E-state index in [-0.39, 0.29) is 0 Å². The number of ether oxygens (including phenoxy) is 1. The molecule has 0 aliphatic carbocycles. The quantitative estimate of drug-likeness (QED) is 0.162. The fourth-order valence-corrected chi connectivity index (χ4v) is 6.60. The minimum atomic E-state index is 0.562. The predicted octanol–water partition coefficient (Wildman–Crippen LogP) is 10.5. The van der Waals surface area contributed by atoms with Gasteiger partial charge in [0.1, 0.15) is 17.9 Å². The van der Waals surface area contributed by atoms with E-state index in [9.17, 15) is 0 Å². The number of hydrogen-bond acceptors (Lipinski definition) is 2. The van der Waals surface area contributed by atoms with Crippen LogP contribution in [0.3, 0.4) is 0 Å². The van der Waals surface area contributed by atoms with Gasteiger partial charge in [-0.15, -0.1) is 0 Å². The molecular formula is C32H27Br2IO2. The highest BCUT2D eigenvalue weighted by Gasteiger charge is 2.10. The van der Waals surface area contributed by atoms with Crippen LogP contribution in [-0.4, -0.2) is 6.61 Å². The number of benzene rings is 4. The molecule has 5 aromatic rings. The zero-order chi connectivity index (χ0) is 26.2. The Morgan fingerprint density at radius 2 is 1.49 bits per heavy atom. The van der Waals surface area contributed by atoms with Crippen molar-refractivity contribution in [3.05, 3.63) is 138 Å². The molecule has 2 nitrogen and oxygen atoms in total. The fourth-order valence-electron chi connectivity index (χ4n) is 3.94. The van der Waals surface area contributed by atoms with E-state index in [2.05, 4.69) is 135 Å². The van der Waals surface area contributed by atoms with Crippen LogP contribution in [0.25, 0.3) is 17.0 Å². The molecule has 0 saturated carbocycles. The number of fused-ring (bicyclic) bond motifs is 1. The van der Waals surface area contributed by atoms with Crippen LogP contribution in [0.5, 0.6) is 5.75 Å². The highest BCUT2D eigenvalue weighted by Crippen LogP contribution is 2.32. The van der Waals surface area contributed by atoms with E-state index in [0.717, 1.165) is 30.3 Å². The summed E-state index contributed by atoms with van der Waals surface area (Å²) in [6.45, 7) is 4.74. The van der Waals surface area contributed by atoms with Crippen LogP contribution in [0.2, 0.25) is 0 Å². The summed E-state index contributed by atoms with van der Waals surface area (Å²) < 4.78 is 14.6. The lowest BCUT2D eigenvalue weighted by molar-refractivity contribution is 0.358. The van der Waals surface area contributed by atoms with Crippen LogP contribution in [-0.2, 0) is 6.42 Å². The molecule has 0 aliphatic rings. The van der Waals surface area contributed by atoms with Gasteiger partial charge in [0, 0.05) is 17.4 Å². The molecule has 0 bridgehead atoms. The summed E-state index contributed by atoms with van der Waals surface area (Å²) in [5.74, 6) is 0.906. The van der Waals surface area contributed by atoms with Crippen molar-refractivity contribution in [2.24, 2.45) is 0 Å². The minimum Gasteiger partial charge on any atom is -0.487 e.